The van der Waals surface area contributed by atoms with Gasteiger partial charge in [0, 0.05) is 12.8 Å². The maximum Gasteiger partial charge on any atom is 0.314 e. The van der Waals surface area contributed by atoms with E-state index in [1.54, 1.807) is 18.2 Å². The van der Waals surface area contributed by atoms with Crippen LogP contribution in [0.4, 0.5) is 0 Å². The Bertz CT molecular complexity index is 513. The van der Waals surface area contributed by atoms with Crippen molar-refractivity contribution in [3.05, 3.63) is 33.8 Å². The molecule has 96 valence electrons. The van der Waals surface area contributed by atoms with Gasteiger partial charge in [-0.1, -0.05) is 29.3 Å². The largest absolute Gasteiger partial charge is 0.481 e. The van der Waals surface area contributed by atoms with Crippen molar-refractivity contribution in [1.82, 2.24) is 0 Å². The zero-order chi connectivity index (χ0) is 13.3. The molecule has 0 amide bonds. The summed E-state index contributed by atoms with van der Waals surface area (Å²) in [5.41, 5.74) is -0.596. The van der Waals surface area contributed by atoms with Crippen molar-refractivity contribution in [2.45, 2.75) is 31.1 Å². The van der Waals surface area contributed by atoms with Gasteiger partial charge in [0.05, 0.1) is 15.5 Å². The zero-order valence-electron chi connectivity index (χ0n) is 9.58. The van der Waals surface area contributed by atoms with Gasteiger partial charge in [-0.2, -0.15) is 0 Å². The number of carbonyl (C=O) groups is 2. The van der Waals surface area contributed by atoms with E-state index in [4.69, 9.17) is 23.2 Å². The molecule has 5 heteroatoms. The Morgan fingerprint density at radius 3 is 2.56 bits per heavy atom. The summed E-state index contributed by atoms with van der Waals surface area (Å²) in [6.45, 7) is 0. The second kappa shape index (κ2) is 4.90. The molecule has 0 aliphatic heterocycles. The van der Waals surface area contributed by atoms with Crippen LogP contribution < -0.4 is 0 Å². The molecule has 2 rings (SSSR count). The predicted octanol–water partition coefficient (Wildman–Crippen LogP) is 3.46. The van der Waals surface area contributed by atoms with E-state index >= 15 is 0 Å². The van der Waals surface area contributed by atoms with Crippen LogP contribution in [0, 0.1) is 0 Å². The molecule has 0 saturated heterocycles. The highest BCUT2D eigenvalue weighted by Gasteiger charge is 2.44. The minimum absolute atomic E-state index is 0.0188. The zero-order valence-corrected chi connectivity index (χ0v) is 11.1. The van der Waals surface area contributed by atoms with Crippen LogP contribution in [-0.4, -0.2) is 16.9 Å². The first-order valence-electron chi connectivity index (χ1n) is 5.66. The molecule has 1 aromatic rings. The lowest BCUT2D eigenvalue weighted by Gasteiger charge is -2.33. The SMILES string of the molecule is O=C1CCCC(C(=O)O)(c2ccc(Cl)c(Cl)c2)C1. The number of aliphatic carboxylic acids is 1. The van der Waals surface area contributed by atoms with Crippen LogP contribution in [0.15, 0.2) is 18.2 Å². The first-order chi connectivity index (χ1) is 8.45. The molecule has 1 fully saturated rings. The monoisotopic (exact) mass is 286 g/mol. The molecule has 0 bridgehead atoms. The minimum atomic E-state index is -1.15. The van der Waals surface area contributed by atoms with Crippen LogP contribution in [0.25, 0.3) is 0 Å². The molecule has 1 aromatic carbocycles. The van der Waals surface area contributed by atoms with Crippen molar-refractivity contribution in [3.8, 4) is 0 Å². The van der Waals surface area contributed by atoms with Gasteiger partial charge in [-0.15, -0.1) is 0 Å². The molecule has 18 heavy (non-hydrogen) atoms. The van der Waals surface area contributed by atoms with E-state index in [1.165, 1.54) is 0 Å². The number of benzene rings is 1. The minimum Gasteiger partial charge on any atom is -0.481 e. The number of Topliss-reactive ketones (excluding diaryl/α,β-unsaturated/α-hetero) is 1. The maximum atomic E-state index is 11.6. The molecule has 0 spiro atoms. The highest BCUT2D eigenvalue weighted by Crippen LogP contribution is 2.40. The van der Waals surface area contributed by atoms with E-state index < -0.39 is 11.4 Å². The summed E-state index contributed by atoms with van der Waals surface area (Å²) in [5.74, 6) is -0.997. The van der Waals surface area contributed by atoms with Crippen LogP contribution in [0.3, 0.4) is 0 Å². The van der Waals surface area contributed by atoms with Gasteiger partial charge in [0.2, 0.25) is 0 Å². The average Bonchev–Trinajstić information content (AvgIpc) is 2.32. The molecule has 1 saturated carbocycles. The third kappa shape index (κ3) is 2.25. The number of rotatable bonds is 2. The lowest BCUT2D eigenvalue weighted by Crippen LogP contribution is -2.40. The molecule has 3 nitrogen and oxygen atoms in total. The fourth-order valence-electron chi connectivity index (χ4n) is 2.45. The van der Waals surface area contributed by atoms with Gasteiger partial charge in [0.25, 0.3) is 0 Å². The topological polar surface area (TPSA) is 54.4 Å². The standard InChI is InChI=1S/C13H12Cl2O3/c14-10-4-3-8(6-11(10)15)13(12(17)18)5-1-2-9(16)7-13/h3-4,6H,1-2,5,7H2,(H,17,18). The summed E-state index contributed by atoms with van der Waals surface area (Å²) in [6.07, 6.45) is 1.52. The third-order valence-corrected chi connectivity index (χ3v) is 4.18. The normalized spacial score (nSPS) is 24.0. The lowest BCUT2D eigenvalue weighted by molar-refractivity contribution is -0.147. The summed E-state index contributed by atoms with van der Waals surface area (Å²) in [5, 5.41) is 10.2. The Kier molecular flexibility index (Phi) is 3.64. The second-order valence-corrected chi connectivity index (χ2v) is 5.40. The van der Waals surface area contributed by atoms with Crippen LogP contribution in [-0.2, 0) is 15.0 Å². The highest BCUT2D eigenvalue weighted by molar-refractivity contribution is 6.42. The van der Waals surface area contributed by atoms with E-state index in [9.17, 15) is 14.7 Å². The third-order valence-electron chi connectivity index (χ3n) is 3.44. The van der Waals surface area contributed by atoms with E-state index in [1.807, 2.05) is 0 Å². The van der Waals surface area contributed by atoms with Crippen molar-refractivity contribution in [1.29, 1.82) is 0 Å². The van der Waals surface area contributed by atoms with E-state index in [2.05, 4.69) is 0 Å². The van der Waals surface area contributed by atoms with Crippen molar-refractivity contribution < 1.29 is 14.7 Å². The van der Waals surface area contributed by atoms with Gasteiger partial charge >= 0.3 is 5.97 Å². The fraction of sp³-hybridized carbons (Fsp3) is 0.385. The molecule has 1 aliphatic carbocycles. The molecular formula is C13H12Cl2O3. The van der Waals surface area contributed by atoms with Crippen LogP contribution >= 0.6 is 23.2 Å². The Morgan fingerprint density at radius 1 is 1.28 bits per heavy atom. The van der Waals surface area contributed by atoms with Crippen LogP contribution in [0.2, 0.25) is 10.0 Å². The number of carboxylic acid groups (broad SMARTS) is 1. The number of halogens is 2. The molecule has 1 unspecified atom stereocenters. The van der Waals surface area contributed by atoms with E-state index in [0.717, 1.165) is 0 Å². The Labute approximate surface area is 115 Å². The van der Waals surface area contributed by atoms with Gasteiger partial charge in [-0.25, -0.2) is 0 Å². The van der Waals surface area contributed by atoms with Gasteiger partial charge in [0.1, 0.15) is 5.78 Å². The maximum absolute atomic E-state index is 11.6. The van der Waals surface area contributed by atoms with Gasteiger partial charge in [-0.05, 0) is 30.5 Å². The Morgan fingerprint density at radius 2 is 2.00 bits per heavy atom. The Balaban J connectivity index is 2.50. The molecular weight excluding hydrogens is 275 g/mol. The number of hydrogen-bond donors (Lipinski definition) is 1. The summed E-state index contributed by atoms with van der Waals surface area (Å²) in [4.78, 5) is 23.2. The number of hydrogen-bond acceptors (Lipinski definition) is 2. The molecule has 1 N–H and O–H groups in total. The predicted molar refractivity (Wildman–Crippen MR) is 69.3 cm³/mol. The highest BCUT2D eigenvalue weighted by atomic mass is 35.5. The molecule has 0 heterocycles. The van der Waals surface area contributed by atoms with E-state index in [0.29, 0.717) is 34.9 Å². The molecule has 0 aromatic heterocycles. The number of carbonyl (C=O) groups excluding carboxylic acids is 1. The van der Waals surface area contributed by atoms with Gasteiger partial charge < -0.3 is 5.11 Å². The summed E-state index contributed by atoms with van der Waals surface area (Å²) in [7, 11) is 0. The smallest absolute Gasteiger partial charge is 0.314 e. The van der Waals surface area contributed by atoms with Crippen molar-refractivity contribution in [2.75, 3.05) is 0 Å². The Hall–Kier alpha value is -1.06. The lowest BCUT2D eigenvalue weighted by atomic mass is 9.69. The average molecular weight is 287 g/mol. The van der Waals surface area contributed by atoms with Gasteiger partial charge in [-0.3, -0.25) is 9.59 Å². The fourth-order valence-corrected chi connectivity index (χ4v) is 2.75. The summed E-state index contributed by atoms with van der Waals surface area (Å²) >= 11 is 11.8. The second-order valence-electron chi connectivity index (χ2n) is 4.59. The molecule has 1 atom stereocenters. The number of carboxylic acids is 1. The summed E-state index contributed by atoms with van der Waals surface area (Å²) < 4.78 is 0. The van der Waals surface area contributed by atoms with Crippen molar-refractivity contribution in [2.24, 2.45) is 0 Å². The quantitative estimate of drug-likeness (QED) is 0.906. The molecule has 0 radical (unpaired) electrons. The summed E-state index contributed by atoms with van der Waals surface area (Å²) in [6, 6.07) is 4.76. The van der Waals surface area contributed by atoms with Crippen LogP contribution in [0.5, 0.6) is 0 Å². The van der Waals surface area contributed by atoms with Crippen molar-refractivity contribution >= 4 is 35.0 Å². The van der Waals surface area contributed by atoms with Crippen molar-refractivity contribution in [3.63, 3.8) is 0 Å². The number of ketones is 1. The first kappa shape index (κ1) is 13.4. The molecule has 1 aliphatic rings. The van der Waals surface area contributed by atoms with Gasteiger partial charge in [0.15, 0.2) is 0 Å². The van der Waals surface area contributed by atoms with Crippen LogP contribution in [0.1, 0.15) is 31.2 Å². The first-order valence-corrected chi connectivity index (χ1v) is 6.42. The van der Waals surface area contributed by atoms with E-state index in [-0.39, 0.29) is 12.2 Å².